The van der Waals surface area contributed by atoms with Gasteiger partial charge in [0, 0.05) is 64.3 Å². The number of likely N-dealkylation sites (tertiary alicyclic amines) is 1. The van der Waals surface area contributed by atoms with Crippen LogP contribution in [0, 0.1) is 6.92 Å². The fourth-order valence-electron chi connectivity index (χ4n) is 6.15. The van der Waals surface area contributed by atoms with Gasteiger partial charge in [-0.05, 0) is 62.3 Å². The Labute approximate surface area is 262 Å². The van der Waals surface area contributed by atoms with Crippen LogP contribution < -0.4 is 25.6 Å². The minimum atomic E-state index is -0.795. The zero-order chi connectivity index (χ0) is 31.3. The molecule has 45 heavy (non-hydrogen) atoms. The molecule has 6 rings (SSSR count). The highest BCUT2D eigenvalue weighted by atomic mass is 16.5. The van der Waals surface area contributed by atoms with Gasteiger partial charge < -0.3 is 40.0 Å². The van der Waals surface area contributed by atoms with Crippen LogP contribution in [0.25, 0.3) is 0 Å². The van der Waals surface area contributed by atoms with Crippen LogP contribution in [-0.2, 0) is 24.4 Å². The maximum Gasteiger partial charge on any atom is 0.270 e. The van der Waals surface area contributed by atoms with Crippen molar-refractivity contribution in [1.29, 1.82) is 0 Å². The van der Waals surface area contributed by atoms with Gasteiger partial charge in [-0.3, -0.25) is 9.59 Å². The van der Waals surface area contributed by atoms with Gasteiger partial charge in [0.2, 0.25) is 11.9 Å². The van der Waals surface area contributed by atoms with E-state index in [1.807, 2.05) is 30.0 Å². The lowest BCUT2D eigenvalue weighted by atomic mass is 9.92. The summed E-state index contributed by atoms with van der Waals surface area (Å²) in [5.74, 6) is 2.31. The maximum atomic E-state index is 13.3. The summed E-state index contributed by atoms with van der Waals surface area (Å²) in [6.07, 6.45) is 4.98. The Balaban J connectivity index is 1.05. The summed E-state index contributed by atoms with van der Waals surface area (Å²) >= 11 is 0. The average Bonchev–Trinajstić information content (AvgIpc) is 3.74. The van der Waals surface area contributed by atoms with E-state index in [2.05, 4.69) is 30.8 Å². The second-order valence-electron chi connectivity index (χ2n) is 12.1. The molecule has 2 amide bonds. The molecule has 2 saturated heterocycles. The summed E-state index contributed by atoms with van der Waals surface area (Å²) in [4.78, 5) is 42.4. The summed E-state index contributed by atoms with van der Waals surface area (Å²) in [5, 5.41) is 20.8. The molecule has 3 aromatic rings. The number of piperidine rings is 1. The number of fused-ring (bicyclic) bond motifs is 1. The molecule has 0 radical (unpaired) electrons. The van der Waals surface area contributed by atoms with Crippen LogP contribution in [0.1, 0.15) is 65.7 Å². The lowest BCUT2D eigenvalue weighted by Gasteiger charge is -2.32. The van der Waals surface area contributed by atoms with Crippen molar-refractivity contribution in [2.24, 2.45) is 0 Å². The Morgan fingerprint density at radius 2 is 1.93 bits per heavy atom. The largest absolute Gasteiger partial charge is 0.486 e. The van der Waals surface area contributed by atoms with E-state index in [4.69, 9.17) is 14.1 Å². The molecule has 3 aliphatic rings. The van der Waals surface area contributed by atoms with Crippen LogP contribution in [0.4, 0.5) is 11.8 Å². The maximum absolute atomic E-state index is 13.3. The Kier molecular flexibility index (Phi) is 9.45. The van der Waals surface area contributed by atoms with Crippen molar-refractivity contribution < 1.29 is 23.8 Å². The van der Waals surface area contributed by atoms with E-state index in [0.717, 1.165) is 61.3 Å². The molecule has 1 aromatic carbocycles. The van der Waals surface area contributed by atoms with Gasteiger partial charge in [-0.15, -0.1) is 0 Å². The van der Waals surface area contributed by atoms with Crippen molar-refractivity contribution in [3.05, 3.63) is 58.9 Å². The van der Waals surface area contributed by atoms with E-state index in [9.17, 15) is 14.7 Å². The lowest BCUT2D eigenvalue weighted by molar-refractivity contribution is -0.129. The first-order valence-corrected chi connectivity index (χ1v) is 15.8. The highest BCUT2D eigenvalue weighted by molar-refractivity contribution is 5.93. The first kappa shape index (κ1) is 30.8. The molecular weight excluding hydrogens is 576 g/mol. The average molecular weight is 619 g/mol. The third-order valence-electron chi connectivity index (χ3n) is 8.95. The molecule has 3 aliphatic heterocycles. The molecule has 0 unspecified atom stereocenters. The van der Waals surface area contributed by atoms with Crippen molar-refractivity contribution in [2.75, 3.05) is 42.9 Å². The number of oxazole rings is 1. The standard InChI is InChI=1S/C32H42N8O5/c1-20-29(45-19-35-20)18-44-25-6-5-22-14-26(33-16-23(22)13-25)28(42)17-34-31(43)27-15-30(38-32(37-27)40-9-3-4-10-40)36-24-7-11-39(12-8-24)21(2)41/h5-6,13,15,19,24,26,28,33,42H,3-4,7-12,14,16-18H2,1-2H3,(H,34,43)(H,36,37,38)/t26-,28+/m0/s1. The number of aromatic nitrogens is 3. The lowest BCUT2D eigenvalue weighted by Crippen LogP contribution is -2.49. The van der Waals surface area contributed by atoms with Crippen LogP contribution >= 0.6 is 0 Å². The third-order valence-corrected chi connectivity index (χ3v) is 8.95. The number of aliphatic hydroxyl groups excluding tert-OH is 1. The number of anilines is 2. The number of aliphatic hydroxyl groups is 1. The van der Waals surface area contributed by atoms with Crippen LogP contribution in [0.3, 0.4) is 0 Å². The number of benzene rings is 1. The molecule has 0 spiro atoms. The van der Waals surface area contributed by atoms with E-state index in [1.54, 1.807) is 13.0 Å². The molecule has 2 fully saturated rings. The van der Waals surface area contributed by atoms with Crippen LogP contribution in [-0.4, -0.2) is 87.7 Å². The normalized spacial score (nSPS) is 19.2. The number of ether oxygens (including phenoxy) is 1. The van der Waals surface area contributed by atoms with Crippen molar-refractivity contribution in [2.45, 2.75) is 77.3 Å². The molecule has 2 atom stereocenters. The van der Waals surface area contributed by atoms with Gasteiger partial charge in [-0.1, -0.05) is 6.07 Å². The number of carbonyl (C=O) groups excluding carboxylic acids is 2. The number of carbonyl (C=O) groups is 2. The van der Waals surface area contributed by atoms with E-state index in [1.165, 1.54) is 6.39 Å². The molecule has 4 N–H and O–H groups in total. The van der Waals surface area contributed by atoms with Gasteiger partial charge >= 0.3 is 0 Å². The highest BCUT2D eigenvalue weighted by Gasteiger charge is 2.27. The Morgan fingerprint density at radius 3 is 2.67 bits per heavy atom. The fraction of sp³-hybridized carbons (Fsp3) is 0.531. The molecule has 0 aliphatic carbocycles. The van der Waals surface area contributed by atoms with E-state index in [-0.39, 0.29) is 36.1 Å². The third kappa shape index (κ3) is 7.54. The van der Waals surface area contributed by atoms with Gasteiger partial charge in [-0.25, -0.2) is 9.97 Å². The number of hydrogen-bond donors (Lipinski definition) is 4. The minimum Gasteiger partial charge on any atom is -0.486 e. The summed E-state index contributed by atoms with van der Waals surface area (Å²) in [6.45, 7) is 7.54. The molecule has 2 aromatic heterocycles. The summed E-state index contributed by atoms with van der Waals surface area (Å²) in [7, 11) is 0. The minimum absolute atomic E-state index is 0.0822. The second kappa shape index (κ2) is 13.8. The van der Waals surface area contributed by atoms with Crippen molar-refractivity contribution in [3.63, 3.8) is 0 Å². The number of aryl methyl sites for hydroxylation is 1. The topological polar surface area (TPSA) is 158 Å². The molecular formula is C32H42N8O5. The fourth-order valence-corrected chi connectivity index (χ4v) is 6.15. The van der Waals surface area contributed by atoms with Crippen LogP contribution in [0.15, 0.2) is 35.1 Å². The summed E-state index contributed by atoms with van der Waals surface area (Å²) in [5.41, 5.74) is 3.31. The number of nitrogens with one attached hydrogen (secondary N) is 3. The number of amides is 2. The zero-order valence-corrected chi connectivity index (χ0v) is 25.9. The second-order valence-corrected chi connectivity index (χ2v) is 12.1. The predicted molar refractivity (Wildman–Crippen MR) is 167 cm³/mol. The van der Waals surface area contributed by atoms with Crippen molar-refractivity contribution in [1.82, 2.24) is 30.5 Å². The number of hydrogen-bond acceptors (Lipinski definition) is 11. The Hall–Kier alpha value is -4.23. The predicted octanol–water partition coefficient (Wildman–Crippen LogP) is 2.18. The Bertz CT molecular complexity index is 1500. The molecule has 13 nitrogen and oxygen atoms in total. The molecule has 0 bridgehead atoms. The van der Waals surface area contributed by atoms with E-state index < -0.39 is 6.10 Å². The highest BCUT2D eigenvalue weighted by Crippen LogP contribution is 2.25. The quantitative estimate of drug-likeness (QED) is 0.264. The molecule has 0 saturated carbocycles. The molecule has 13 heteroatoms. The van der Waals surface area contributed by atoms with Gasteiger partial charge in [0.05, 0.1) is 11.8 Å². The smallest absolute Gasteiger partial charge is 0.270 e. The van der Waals surface area contributed by atoms with Gasteiger partial charge in [0.1, 0.15) is 23.9 Å². The zero-order valence-electron chi connectivity index (χ0n) is 25.9. The monoisotopic (exact) mass is 618 g/mol. The van der Waals surface area contributed by atoms with Crippen molar-refractivity contribution >= 4 is 23.6 Å². The van der Waals surface area contributed by atoms with Crippen LogP contribution in [0.2, 0.25) is 0 Å². The van der Waals surface area contributed by atoms with Crippen LogP contribution in [0.5, 0.6) is 5.75 Å². The van der Waals surface area contributed by atoms with Crippen molar-refractivity contribution in [3.8, 4) is 5.75 Å². The van der Waals surface area contributed by atoms with Gasteiger partial charge in [-0.2, -0.15) is 4.98 Å². The van der Waals surface area contributed by atoms with Gasteiger partial charge in [0.15, 0.2) is 12.2 Å². The number of rotatable bonds is 10. The molecule has 5 heterocycles. The first-order chi connectivity index (χ1) is 21.8. The SMILES string of the molecule is CC(=O)N1CCC(Nc2cc(C(=O)NC[C@@H](O)[C@@H]3Cc4ccc(OCc5ocnc5C)cc4CN3)nc(N3CCCC3)n2)CC1. The van der Waals surface area contributed by atoms with E-state index in [0.29, 0.717) is 50.2 Å². The summed E-state index contributed by atoms with van der Waals surface area (Å²) < 4.78 is 11.2. The summed E-state index contributed by atoms with van der Waals surface area (Å²) in [6, 6.07) is 7.56. The molecule has 240 valence electrons. The first-order valence-electron chi connectivity index (χ1n) is 15.8. The van der Waals surface area contributed by atoms with Gasteiger partial charge in [0.25, 0.3) is 5.91 Å². The number of nitrogens with zero attached hydrogens (tertiary/aromatic N) is 5. The van der Waals surface area contributed by atoms with E-state index >= 15 is 0 Å². The Morgan fingerprint density at radius 1 is 1.13 bits per heavy atom.